The Labute approximate surface area is 163 Å². The highest BCUT2D eigenvalue weighted by molar-refractivity contribution is 7.99. The molecule has 1 N–H and O–H groups in total. The lowest BCUT2D eigenvalue weighted by Gasteiger charge is -2.17. The minimum Gasteiger partial charge on any atom is -0.494 e. The van der Waals surface area contributed by atoms with Crippen molar-refractivity contribution >= 4 is 11.8 Å². The zero-order chi connectivity index (χ0) is 19.1. The molecule has 1 saturated carbocycles. The van der Waals surface area contributed by atoms with Gasteiger partial charge in [-0.2, -0.15) is 4.98 Å². The van der Waals surface area contributed by atoms with Gasteiger partial charge >= 0.3 is 0 Å². The number of hydrogen-bond donors (Lipinski definition) is 1. The van der Waals surface area contributed by atoms with Crippen LogP contribution in [0.15, 0.2) is 40.3 Å². The first kappa shape index (κ1) is 19.6. The van der Waals surface area contributed by atoms with E-state index in [-0.39, 0.29) is 17.5 Å². The van der Waals surface area contributed by atoms with Gasteiger partial charge in [-0.3, -0.25) is 9.36 Å². The molecular weight excluding hydrogens is 364 g/mol. The Morgan fingerprint density at radius 1 is 1.15 bits per heavy atom. The Bertz CT molecular complexity index is 786. The lowest BCUT2D eigenvalue weighted by molar-refractivity contribution is 0.314. The van der Waals surface area contributed by atoms with E-state index >= 15 is 0 Å². The Morgan fingerprint density at radius 3 is 2.41 bits per heavy atom. The Hall–Kier alpha value is -2.15. The average Bonchev–Trinajstić information content (AvgIpc) is 3.18. The molecule has 0 atom stereocenters. The first-order chi connectivity index (χ1) is 13.2. The molecule has 1 fully saturated rings. The lowest BCUT2D eigenvalue weighted by Crippen LogP contribution is -2.25. The summed E-state index contributed by atoms with van der Waals surface area (Å²) >= 11 is 1.44. The van der Waals surface area contributed by atoms with Gasteiger partial charge in [-0.15, -0.1) is 0 Å². The standard InChI is InChI=1S/C20H26N2O4S/c1-2-11-25-16-7-9-17(10-8-16)26-12-13-27-20-21-18(23)14-19(24)22(20)15-5-3-4-6-15/h7-10,14-15,23H,2-6,11-13H2,1H3. The topological polar surface area (TPSA) is 73.6 Å². The van der Waals surface area contributed by atoms with Crippen LogP contribution in [0.5, 0.6) is 17.4 Å². The van der Waals surface area contributed by atoms with Gasteiger partial charge in [0.05, 0.1) is 19.3 Å². The number of aromatic nitrogens is 2. The van der Waals surface area contributed by atoms with Crippen molar-refractivity contribution in [3.63, 3.8) is 0 Å². The number of ether oxygens (including phenoxy) is 2. The summed E-state index contributed by atoms with van der Waals surface area (Å²) in [5.41, 5.74) is -0.180. The number of thioether (sulfide) groups is 1. The maximum absolute atomic E-state index is 12.3. The van der Waals surface area contributed by atoms with E-state index in [1.165, 1.54) is 17.8 Å². The largest absolute Gasteiger partial charge is 0.494 e. The van der Waals surface area contributed by atoms with Crippen molar-refractivity contribution in [2.24, 2.45) is 0 Å². The fraction of sp³-hybridized carbons (Fsp3) is 0.500. The number of benzene rings is 1. The molecule has 0 bridgehead atoms. The number of rotatable bonds is 9. The van der Waals surface area contributed by atoms with Crippen LogP contribution in [0.3, 0.4) is 0 Å². The van der Waals surface area contributed by atoms with Crippen LogP contribution in [-0.2, 0) is 0 Å². The Kier molecular flexibility index (Phi) is 7.04. The molecule has 0 saturated heterocycles. The molecule has 0 aliphatic heterocycles. The summed E-state index contributed by atoms with van der Waals surface area (Å²) in [6.07, 6.45) is 5.21. The minimum absolute atomic E-state index is 0.180. The summed E-state index contributed by atoms with van der Waals surface area (Å²) in [5.74, 6) is 2.02. The van der Waals surface area contributed by atoms with E-state index in [1.54, 1.807) is 4.57 Å². The van der Waals surface area contributed by atoms with Crippen molar-refractivity contribution in [2.75, 3.05) is 19.0 Å². The molecule has 27 heavy (non-hydrogen) atoms. The van der Waals surface area contributed by atoms with Gasteiger partial charge in [-0.05, 0) is 43.5 Å². The predicted octanol–water partition coefficient (Wildman–Crippen LogP) is 4.02. The van der Waals surface area contributed by atoms with Crippen LogP contribution in [0.4, 0.5) is 0 Å². The van der Waals surface area contributed by atoms with Crippen molar-refractivity contribution in [1.82, 2.24) is 9.55 Å². The Balaban J connectivity index is 1.55. The van der Waals surface area contributed by atoms with Crippen molar-refractivity contribution in [3.05, 3.63) is 40.7 Å². The third kappa shape index (κ3) is 5.42. The first-order valence-electron chi connectivity index (χ1n) is 9.48. The van der Waals surface area contributed by atoms with Gasteiger partial charge in [0, 0.05) is 11.8 Å². The van der Waals surface area contributed by atoms with Crippen LogP contribution >= 0.6 is 11.8 Å². The number of hydrogen-bond acceptors (Lipinski definition) is 6. The van der Waals surface area contributed by atoms with E-state index in [4.69, 9.17) is 9.47 Å². The highest BCUT2D eigenvalue weighted by atomic mass is 32.2. The molecule has 1 heterocycles. The molecule has 0 amide bonds. The van der Waals surface area contributed by atoms with Crippen molar-refractivity contribution < 1.29 is 14.6 Å². The van der Waals surface area contributed by atoms with E-state index in [2.05, 4.69) is 11.9 Å². The predicted molar refractivity (Wildman–Crippen MR) is 106 cm³/mol. The van der Waals surface area contributed by atoms with Crippen LogP contribution in [0.2, 0.25) is 0 Å². The van der Waals surface area contributed by atoms with Gasteiger partial charge in [-0.1, -0.05) is 31.5 Å². The first-order valence-corrected chi connectivity index (χ1v) is 10.5. The highest BCUT2D eigenvalue weighted by Crippen LogP contribution is 2.31. The van der Waals surface area contributed by atoms with Crippen LogP contribution in [-0.4, -0.2) is 33.6 Å². The quantitative estimate of drug-likeness (QED) is 0.396. The van der Waals surface area contributed by atoms with Crippen LogP contribution in [0, 0.1) is 0 Å². The van der Waals surface area contributed by atoms with Crippen molar-refractivity contribution in [1.29, 1.82) is 0 Å². The fourth-order valence-electron chi connectivity index (χ4n) is 3.20. The van der Waals surface area contributed by atoms with Crippen molar-refractivity contribution in [2.45, 2.75) is 50.2 Å². The van der Waals surface area contributed by atoms with E-state index in [9.17, 15) is 9.90 Å². The average molecular weight is 391 g/mol. The molecule has 1 aromatic heterocycles. The second-order valence-electron chi connectivity index (χ2n) is 6.56. The maximum atomic E-state index is 12.3. The summed E-state index contributed by atoms with van der Waals surface area (Å²) < 4.78 is 13.0. The molecule has 146 valence electrons. The molecule has 1 aliphatic rings. The van der Waals surface area contributed by atoms with Gasteiger partial charge in [0.1, 0.15) is 11.5 Å². The zero-order valence-corrected chi connectivity index (χ0v) is 16.4. The molecule has 0 radical (unpaired) electrons. The van der Waals surface area contributed by atoms with Gasteiger partial charge < -0.3 is 14.6 Å². The van der Waals surface area contributed by atoms with Gasteiger partial charge in [0.25, 0.3) is 5.56 Å². The van der Waals surface area contributed by atoms with Crippen LogP contribution < -0.4 is 15.0 Å². The molecule has 2 aromatic rings. The summed E-state index contributed by atoms with van der Waals surface area (Å²) in [4.78, 5) is 16.5. The summed E-state index contributed by atoms with van der Waals surface area (Å²) in [6, 6.07) is 8.94. The minimum atomic E-state index is -0.222. The smallest absolute Gasteiger partial charge is 0.258 e. The van der Waals surface area contributed by atoms with Crippen LogP contribution in [0.25, 0.3) is 0 Å². The lowest BCUT2D eigenvalue weighted by atomic mass is 10.2. The Morgan fingerprint density at radius 2 is 1.78 bits per heavy atom. The van der Waals surface area contributed by atoms with E-state index < -0.39 is 0 Å². The molecule has 3 rings (SSSR count). The summed E-state index contributed by atoms with van der Waals surface area (Å²) in [5, 5.41) is 10.3. The number of aromatic hydroxyl groups is 1. The van der Waals surface area contributed by atoms with Gasteiger partial charge in [-0.25, -0.2) is 0 Å². The molecule has 0 unspecified atom stereocenters. The molecule has 0 spiro atoms. The fourth-order valence-corrected chi connectivity index (χ4v) is 4.09. The normalized spacial score (nSPS) is 14.4. The van der Waals surface area contributed by atoms with Gasteiger partial charge in [0.2, 0.25) is 5.88 Å². The van der Waals surface area contributed by atoms with E-state index in [1.807, 2.05) is 24.3 Å². The van der Waals surface area contributed by atoms with E-state index in [0.717, 1.165) is 43.6 Å². The monoisotopic (exact) mass is 390 g/mol. The maximum Gasteiger partial charge on any atom is 0.258 e. The zero-order valence-electron chi connectivity index (χ0n) is 15.6. The summed E-state index contributed by atoms with van der Waals surface area (Å²) in [6.45, 7) is 3.26. The molecule has 6 nitrogen and oxygen atoms in total. The van der Waals surface area contributed by atoms with Crippen molar-refractivity contribution in [3.8, 4) is 17.4 Å². The third-order valence-electron chi connectivity index (χ3n) is 4.48. The molecule has 1 aromatic carbocycles. The van der Waals surface area contributed by atoms with Gasteiger partial charge in [0.15, 0.2) is 5.16 Å². The number of nitrogens with zero attached hydrogens (tertiary/aromatic N) is 2. The highest BCUT2D eigenvalue weighted by Gasteiger charge is 2.22. The SMILES string of the molecule is CCCOc1ccc(OCCSc2nc(O)cc(=O)n2C2CCCC2)cc1. The molecule has 1 aliphatic carbocycles. The van der Waals surface area contributed by atoms with Crippen LogP contribution in [0.1, 0.15) is 45.1 Å². The summed E-state index contributed by atoms with van der Waals surface area (Å²) in [7, 11) is 0. The second kappa shape index (κ2) is 9.69. The molecule has 7 heteroatoms. The van der Waals surface area contributed by atoms with E-state index in [0.29, 0.717) is 24.1 Å². The molecular formula is C20H26N2O4S. The third-order valence-corrected chi connectivity index (χ3v) is 5.39. The second-order valence-corrected chi connectivity index (χ2v) is 7.62.